The van der Waals surface area contributed by atoms with Gasteiger partial charge < -0.3 is 10.4 Å². The number of alkyl halides is 3. The van der Waals surface area contributed by atoms with E-state index < -0.39 is 18.2 Å². The summed E-state index contributed by atoms with van der Waals surface area (Å²) in [6.45, 7) is 4.28. The molecule has 0 amide bonds. The molecule has 2 N–H and O–H groups in total. The Morgan fingerprint density at radius 3 is 2.27 bits per heavy atom. The molecule has 0 aromatic heterocycles. The molecule has 0 saturated heterocycles. The molecular weight excluding hydrogens is 207 g/mol. The summed E-state index contributed by atoms with van der Waals surface area (Å²) >= 11 is 0. The highest BCUT2D eigenvalue weighted by Gasteiger charge is 2.26. The average Bonchev–Trinajstić information content (AvgIpc) is 2.00. The van der Waals surface area contributed by atoms with Crippen LogP contribution in [-0.2, 0) is 0 Å². The first-order chi connectivity index (χ1) is 6.77. The zero-order chi connectivity index (χ0) is 11.9. The second-order valence-corrected chi connectivity index (χ2v) is 4.14. The van der Waals surface area contributed by atoms with Gasteiger partial charge in [0.05, 0.1) is 5.60 Å². The van der Waals surface area contributed by atoms with Gasteiger partial charge in [-0.3, -0.25) is 0 Å². The van der Waals surface area contributed by atoms with Crippen LogP contribution in [0.3, 0.4) is 0 Å². The highest BCUT2D eigenvalue weighted by molar-refractivity contribution is 4.74. The summed E-state index contributed by atoms with van der Waals surface area (Å²) in [6, 6.07) is 0. The minimum Gasteiger partial charge on any atom is -0.389 e. The van der Waals surface area contributed by atoms with Crippen LogP contribution in [0.2, 0.25) is 0 Å². The molecule has 0 spiro atoms. The van der Waals surface area contributed by atoms with Crippen molar-refractivity contribution in [1.82, 2.24) is 5.32 Å². The van der Waals surface area contributed by atoms with Crippen LogP contribution in [0.4, 0.5) is 13.2 Å². The molecule has 0 aromatic carbocycles. The van der Waals surface area contributed by atoms with Gasteiger partial charge >= 0.3 is 6.18 Å². The largest absolute Gasteiger partial charge is 0.389 e. The van der Waals surface area contributed by atoms with Crippen molar-refractivity contribution in [3.05, 3.63) is 0 Å². The zero-order valence-corrected chi connectivity index (χ0v) is 9.32. The van der Waals surface area contributed by atoms with Crippen molar-refractivity contribution in [1.29, 1.82) is 0 Å². The smallest absolute Gasteiger partial charge is 0.389 e. The average molecular weight is 227 g/mol. The molecule has 15 heavy (non-hydrogen) atoms. The molecule has 1 atom stereocenters. The molecule has 0 rings (SSSR count). The fraction of sp³-hybridized carbons (Fsp3) is 1.00. The fourth-order valence-electron chi connectivity index (χ4n) is 1.40. The van der Waals surface area contributed by atoms with Crippen molar-refractivity contribution in [3.63, 3.8) is 0 Å². The number of aliphatic hydroxyl groups is 1. The monoisotopic (exact) mass is 227 g/mol. The van der Waals surface area contributed by atoms with Crippen LogP contribution in [0.15, 0.2) is 0 Å². The van der Waals surface area contributed by atoms with Crippen molar-refractivity contribution in [2.45, 2.75) is 51.3 Å². The van der Waals surface area contributed by atoms with Crippen molar-refractivity contribution in [2.75, 3.05) is 13.1 Å². The van der Waals surface area contributed by atoms with Gasteiger partial charge in [0.15, 0.2) is 0 Å². The number of halogens is 3. The molecule has 0 heterocycles. The molecule has 0 radical (unpaired) electrons. The second kappa shape index (κ2) is 6.33. The van der Waals surface area contributed by atoms with E-state index in [1.807, 2.05) is 6.92 Å². The molecule has 2 nitrogen and oxygen atoms in total. The van der Waals surface area contributed by atoms with E-state index in [2.05, 4.69) is 5.32 Å². The topological polar surface area (TPSA) is 32.3 Å². The first kappa shape index (κ1) is 14.7. The molecule has 0 aliphatic heterocycles. The van der Waals surface area contributed by atoms with Crippen LogP contribution in [0.25, 0.3) is 0 Å². The summed E-state index contributed by atoms with van der Waals surface area (Å²) in [7, 11) is 0. The maximum Gasteiger partial charge on any atom is 0.389 e. The molecule has 0 fully saturated rings. The first-order valence-corrected chi connectivity index (χ1v) is 5.27. The van der Waals surface area contributed by atoms with Gasteiger partial charge in [0.2, 0.25) is 0 Å². The summed E-state index contributed by atoms with van der Waals surface area (Å²) in [4.78, 5) is 0. The Balaban J connectivity index is 3.46. The lowest BCUT2D eigenvalue weighted by atomic mass is 10.0. The lowest BCUT2D eigenvalue weighted by Gasteiger charge is -2.23. The van der Waals surface area contributed by atoms with E-state index in [4.69, 9.17) is 0 Å². The predicted molar refractivity (Wildman–Crippen MR) is 53.7 cm³/mol. The first-order valence-electron chi connectivity index (χ1n) is 5.27. The Morgan fingerprint density at radius 1 is 1.20 bits per heavy atom. The van der Waals surface area contributed by atoms with Crippen LogP contribution < -0.4 is 5.32 Å². The van der Waals surface area contributed by atoms with Crippen LogP contribution in [0, 0.1) is 0 Å². The Labute approximate surface area is 88.9 Å². The Hall–Kier alpha value is -0.290. The van der Waals surface area contributed by atoms with Gasteiger partial charge in [-0.25, -0.2) is 0 Å². The van der Waals surface area contributed by atoms with Crippen molar-refractivity contribution in [2.24, 2.45) is 0 Å². The van der Waals surface area contributed by atoms with Gasteiger partial charge in [0, 0.05) is 13.0 Å². The van der Waals surface area contributed by atoms with Crippen LogP contribution in [-0.4, -0.2) is 30.0 Å². The third-order valence-electron chi connectivity index (χ3n) is 2.11. The van der Waals surface area contributed by atoms with Gasteiger partial charge in [-0.2, -0.15) is 13.2 Å². The van der Waals surface area contributed by atoms with Crippen LogP contribution >= 0.6 is 0 Å². The maximum absolute atomic E-state index is 11.8. The lowest BCUT2D eigenvalue weighted by molar-refractivity contribution is -0.135. The standard InChI is InChI=1S/C10H20F3NO/c1-3-5-9(2,15)8-14-7-4-6-10(11,12)13/h14-15H,3-8H2,1-2H3. The van der Waals surface area contributed by atoms with E-state index in [0.717, 1.165) is 6.42 Å². The minimum absolute atomic E-state index is 0.0612. The zero-order valence-electron chi connectivity index (χ0n) is 9.32. The molecule has 1 unspecified atom stereocenters. The van der Waals surface area contributed by atoms with Crippen molar-refractivity contribution < 1.29 is 18.3 Å². The molecule has 0 aromatic rings. The number of rotatable bonds is 7. The van der Waals surface area contributed by atoms with E-state index >= 15 is 0 Å². The summed E-state index contributed by atoms with van der Waals surface area (Å²) in [5.41, 5.74) is -0.813. The maximum atomic E-state index is 11.8. The molecular formula is C10H20F3NO. The van der Waals surface area contributed by atoms with Crippen molar-refractivity contribution in [3.8, 4) is 0 Å². The number of nitrogens with one attached hydrogen (secondary N) is 1. The fourth-order valence-corrected chi connectivity index (χ4v) is 1.40. The van der Waals surface area contributed by atoms with Gasteiger partial charge in [-0.1, -0.05) is 13.3 Å². The van der Waals surface area contributed by atoms with Crippen molar-refractivity contribution >= 4 is 0 Å². The van der Waals surface area contributed by atoms with E-state index in [-0.39, 0.29) is 6.42 Å². The predicted octanol–water partition coefficient (Wildman–Crippen LogP) is 2.47. The molecule has 92 valence electrons. The summed E-state index contributed by atoms with van der Waals surface area (Å²) in [5.74, 6) is 0. The summed E-state index contributed by atoms with van der Waals surface area (Å²) < 4.78 is 35.3. The van der Waals surface area contributed by atoms with Gasteiger partial charge in [-0.15, -0.1) is 0 Å². The molecule has 5 heteroatoms. The van der Waals surface area contributed by atoms with Crippen LogP contribution in [0.5, 0.6) is 0 Å². The Morgan fingerprint density at radius 2 is 1.80 bits per heavy atom. The van der Waals surface area contributed by atoms with E-state index in [1.54, 1.807) is 6.92 Å². The normalized spacial score (nSPS) is 16.4. The molecule has 0 saturated carbocycles. The SMILES string of the molecule is CCCC(C)(O)CNCCCC(F)(F)F. The van der Waals surface area contributed by atoms with E-state index in [1.165, 1.54) is 0 Å². The Bertz CT molecular complexity index is 169. The van der Waals surface area contributed by atoms with Gasteiger partial charge in [-0.05, 0) is 26.3 Å². The highest BCUT2D eigenvalue weighted by Crippen LogP contribution is 2.20. The van der Waals surface area contributed by atoms with E-state index in [0.29, 0.717) is 19.5 Å². The van der Waals surface area contributed by atoms with Gasteiger partial charge in [0.1, 0.15) is 0 Å². The summed E-state index contributed by atoms with van der Waals surface area (Å²) in [6.07, 6.45) is -3.27. The molecule has 0 bridgehead atoms. The minimum atomic E-state index is -4.08. The van der Waals surface area contributed by atoms with Crippen LogP contribution in [0.1, 0.15) is 39.5 Å². The molecule has 0 aliphatic carbocycles. The van der Waals surface area contributed by atoms with E-state index in [9.17, 15) is 18.3 Å². The Kier molecular flexibility index (Phi) is 6.20. The third-order valence-corrected chi connectivity index (χ3v) is 2.11. The number of hydrogen-bond donors (Lipinski definition) is 2. The highest BCUT2D eigenvalue weighted by atomic mass is 19.4. The summed E-state index contributed by atoms with van der Waals surface area (Å²) in [5, 5.41) is 12.5. The number of hydrogen-bond acceptors (Lipinski definition) is 2. The second-order valence-electron chi connectivity index (χ2n) is 4.14. The third kappa shape index (κ3) is 10.0. The quantitative estimate of drug-likeness (QED) is 0.655. The molecule has 0 aliphatic rings. The van der Waals surface area contributed by atoms with Gasteiger partial charge in [0.25, 0.3) is 0 Å². The lowest BCUT2D eigenvalue weighted by Crippen LogP contribution is -2.38.